The molecular formula is C15H17N3O5S2. The number of benzene rings is 1. The largest absolute Gasteiger partial charge is 0.355 e. The van der Waals surface area contributed by atoms with Gasteiger partial charge in [-0.3, -0.25) is 14.9 Å². The van der Waals surface area contributed by atoms with Crippen molar-refractivity contribution in [3.63, 3.8) is 0 Å². The number of rotatable bonds is 9. The molecule has 1 aromatic carbocycles. The molecule has 0 aliphatic rings. The molecule has 0 spiro atoms. The quantitative estimate of drug-likeness (QED) is 0.388. The second-order valence-electron chi connectivity index (χ2n) is 5.08. The van der Waals surface area contributed by atoms with E-state index in [4.69, 9.17) is 0 Å². The lowest BCUT2D eigenvalue weighted by Gasteiger charge is -2.08. The van der Waals surface area contributed by atoms with E-state index in [0.717, 1.165) is 10.9 Å². The Morgan fingerprint density at radius 2 is 2.00 bits per heavy atom. The van der Waals surface area contributed by atoms with Gasteiger partial charge in [-0.15, -0.1) is 11.3 Å². The number of nitrogens with one attached hydrogen (secondary N) is 2. The zero-order valence-corrected chi connectivity index (χ0v) is 14.8. The number of hydrogen-bond donors (Lipinski definition) is 2. The van der Waals surface area contributed by atoms with E-state index >= 15 is 0 Å². The molecular weight excluding hydrogens is 366 g/mol. The minimum Gasteiger partial charge on any atom is -0.355 e. The van der Waals surface area contributed by atoms with Crippen LogP contribution in [0.1, 0.15) is 11.3 Å². The van der Waals surface area contributed by atoms with Gasteiger partial charge in [0.05, 0.1) is 9.82 Å². The lowest BCUT2D eigenvalue weighted by atomic mass is 10.2. The van der Waals surface area contributed by atoms with Gasteiger partial charge in [0.2, 0.25) is 15.9 Å². The fourth-order valence-corrected chi connectivity index (χ4v) is 3.79. The zero-order valence-electron chi connectivity index (χ0n) is 13.2. The fraction of sp³-hybridized carbons (Fsp3) is 0.267. The predicted molar refractivity (Wildman–Crippen MR) is 93.9 cm³/mol. The highest BCUT2D eigenvalue weighted by Crippen LogP contribution is 2.16. The van der Waals surface area contributed by atoms with Gasteiger partial charge in [0, 0.05) is 36.5 Å². The smallest absolute Gasteiger partial charge is 0.270 e. The van der Waals surface area contributed by atoms with Crippen LogP contribution in [0.5, 0.6) is 0 Å². The van der Waals surface area contributed by atoms with Gasteiger partial charge in [0.25, 0.3) is 5.69 Å². The molecule has 0 radical (unpaired) electrons. The number of amides is 1. The van der Waals surface area contributed by atoms with Crippen LogP contribution in [-0.2, 0) is 21.2 Å². The van der Waals surface area contributed by atoms with Gasteiger partial charge in [-0.1, -0.05) is 12.1 Å². The number of nitrogens with zero attached hydrogens (tertiary/aromatic N) is 1. The molecule has 0 unspecified atom stereocenters. The van der Waals surface area contributed by atoms with Crippen LogP contribution in [-0.4, -0.2) is 32.3 Å². The molecule has 2 rings (SSSR count). The average Bonchev–Trinajstić information content (AvgIpc) is 3.10. The summed E-state index contributed by atoms with van der Waals surface area (Å²) in [4.78, 5) is 22.7. The molecule has 10 heteroatoms. The van der Waals surface area contributed by atoms with Gasteiger partial charge < -0.3 is 5.32 Å². The van der Waals surface area contributed by atoms with E-state index in [2.05, 4.69) is 10.0 Å². The normalized spacial score (nSPS) is 11.2. The summed E-state index contributed by atoms with van der Waals surface area (Å²) < 4.78 is 26.5. The van der Waals surface area contributed by atoms with Crippen molar-refractivity contribution in [2.75, 3.05) is 13.1 Å². The second-order valence-corrected chi connectivity index (χ2v) is 7.88. The van der Waals surface area contributed by atoms with Crippen LogP contribution in [0, 0.1) is 10.1 Å². The topological polar surface area (TPSA) is 118 Å². The molecule has 8 nitrogen and oxygen atoms in total. The molecule has 0 aliphatic carbocycles. The summed E-state index contributed by atoms with van der Waals surface area (Å²) in [6.07, 6.45) is 0.973. The fourth-order valence-electron chi connectivity index (χ4n) is 2.01. The second kappa shape index (κ2) is 8.70. The third-order valence-electron chi connectivity index (χ3n) is 3.26. The first kappa shape index (κ1) is 19.0. The molecule has 1 amide bonds. The van der Waals surface area contributed by atoms with Crippen molar-refractivity contribution in [2.45, 2.75) is 17.7 Å². The van der Waals surface area contributed by atoms with Gasteiger partial charge >= 0.3 is 0 Å². The average molecular weight is 383 g/mol. The molecule has 1 heterocycles. The number of sulfonamides is 1. The molecule has 2 aromatic rings. The van der Waals surface area contributed by atoms with Gasteiger partial charge in [0.15, 0.2) is 0 Å². The van der Waals surface area contributed by atoms with Crippen LogP contribution in [0.25, 0.3) is 0 Å². The Balaban J connectivity index is 1.77. The van der Waals surface area contributed by atoms with Crippen LogP contribution in [0.15, 0.2) is 46.7 Å². The molecule has 0 bridgehead atoms. The van der Waals surface area contributed by atoms with E-state index in [1.54, 1.807) is 11.3 Å². The van der Waals surface area contributed by atoms with E-state index in [1.165, 1.54) is 18.2 Å². The van der Waals surface area contributed by atoms with Crippen molar-refractivity contribution in [2.24, 2.45) is 0 Å². The third kappa shape index (κ3) is 5.93. The Morgan fingerprint density at radius 3 is 2.68 bits per heavy atom. The molecule has 0 saturated heterocycles. The van der Waals surface area contributed by atoms with Crippen LogP contribution < -0.4 is 10.0 Å². The standard InChI is InChI=1S/C15H17N3O5S2/c19-15(7-6-13-4-2-10-24-13)16-8-9-17-25(22,23)14-5-1-3-12(11-14)18(20)21/h1-5,10-11,17H,6-9H2,(H,16,19). The highest BCUT2D eigenvalue weighted by molar-refractivity contribution is 7.89. The summed E-state index contributed by atoms with van der Waals surface area (Å²) in [7, 11) is -3.87. The minimum absolute atomic E-state index is 0.00420. The Labute approximate surface area is 149 Å². The number of thiophene rings is 1. The Morgan fingerprint density at radius 1 is 1.20 bits per heavy atom. The first-order chi connectivity index (χ1) is 11.9. The zero-order chi connectivity index (χ0) is 18.3. The van der Waals surface area contributed by atoms with Gasteiger partial charge in [-0.05, 0) is 23.9 Å². The summed E-state index contributed by atoms with van der Waals surface area (Å²) in [6, 6.07) is 8.65. The Kier molecular flexibility index (Phi) is 6.62. The molecule has 0 atom stereocenters. The number of hydrogen-bond acceptors (Lipinski definition) is 6. The predicted octanol–water partition coefficient (Wildman–Crippen LogP) is 1.68. The Hall–Kier alpha value is -2.30. The Bertz CT molecular complexity index is 835. The van der Waals surface area contributed by atoms with Crippen LogP contribution in [0.4, 0.5) is 5.69 Å². The highest BCUT2D eigenvalue weighted by Gasteiger charge is 2.17. The van der Waals surface area contributed by atoms with Crippen molar-refractivity contribution in [1.29, 1.82) is 0 Å². The summed E-state index contributed by atoms with van der Waals surface area (Å²) >= 11 is 1.58. The number of aryl methyl sites for hydroxylation is 1. The molecule has 1 aromatic heterocycles. The van der Waals surface area contributed by atoms with E-state index in [0.29, 0.717) is 12.8 Å². The summed E-state index contributed by atoms with van der Waals surface area (Å²) in [5.41, 5.74) is -0.301. The van der Waals surface area contributed by atoms with Gasteiger partial charge in [-0.2, -0.15) is 0 Å². The number of nitro groups is 1. The summed E-state index contributed by atoms with van der Waals surface area (Å²) in [5.74, 6) is -0.164. The van der Waals surface area contributed by atoms with Crippen molar-refractivity contribution in [3.8, 4) is 0 Å². The summed E-state index contributed by atoms with van der Waals surface area (Å²) in [5, 5.41) is 15.3. The molecule has 0 fully saturated rings. The maximum Gasteiger partial charge on any atom is 0.270 e. The first-order valence-corrected chi connectivity index (χ1v) is 9.78. The number of nitro benzene ring substituents is 1. The van der Waals surface area contributed by atoms with E-state index in [-0.39, 0.29) is 29.6 Å². The molecule has 134 valence electrons. The monoisotopic (exact) mass is 383 g/mol. The number of carbonyl (C=O) groups is 1. The van der Waals surface area contributed by atoms with Gasteiger partial charge in [0.1, 0.15) is 0 Å². The highest BCUT2D eigenvalue weighted by atomic mass is 32.2. The van der Waals surface area contributed by atoms with Crippen molar-refractivity contribution in [1.82, 2.24) is 10.0 Å². The van der Waals surface area contributed by atoms with Crippen LogP contribution in [0.2, 0.25) is 0 Å². The van der Waals surface area contributed by atoms with Crippen LogP contribution >= 0.6 is 11.3 Å². The van der Waals surface area contributed by atoms with Crippen molar-refractivity contribution < 1.29 is 18.1 Å². The lowest BCUT2D eigenvalue weighted by molar-refractivity contribution is -0.385. The van der Waals surface area contributed by atoms with E-state index < -0.39 is 14.9 Å². The van der Waals surface area contributed by atoms with Crippen molar-refractivity contribution in [3.05, 3.63) is 56.8 Å². The SMILES string of the molecule is O=C(CCc1cccs1)NCCNS(=O)(=O)c1cccc([N+](=O)[O-])c1. The molecule has 0 saturated carbocycles. The minimum atomic E-state index is -3.87. The third-order valence-corrected chi connectivity index (χ3v) is 5.65. The molecule has 0 aliphatic heterocycles. The number of carbonyl (C=O) groups excluding carboxylic acids is 1. The van der Waals surface area contributed by atoms with E-state index in [9.17, 15) is 23.3 Å². The van der Waals surface area contributed by atoms with Gasteiger partial charge in [-0.25, -0.2) is 13.1 Å². The maximum absolute atomic E-state index is 12.1. The molecule has 25 heavy (non-hydrogen) atoms. The van der Waals surface area contributed by atoms with Crippen LogP contribution in [0.3, 0.4) is 0 Å². The molecule has 2 N–H and O–H groups in total. The van der Waals surface area contributed by atoms with Crippen molar-refractivity contribution >= 4 is 33.0 Å². The van der Waals surface area contributed by atoms with E-state index in [1.807, 2.05) is 17.5 Å². The summed E-state index contributed by atoms with van der Waals surface area (Å²) in [6.45, 7) is 0.132. The first-order valence-electron chi connectivity index (χ1n) is 7.42. The number of non-ortho nitro benzene ring substituents is 1. The maximum atomic E-state index is 12.1. The lowest BCUT2D eigenvalue weighted by Crippen LogP contribution is -2.34.